The van der Waals surface area contributed by atoms with Gasteiger partial charge in [-0.1, -0.05) is 108 Å². The second-order valence-electron chi connectivity index (χ2n) is 10.8. The van der Waals surface area contributed by atoms with Crippen LogP contribution < -0.4 is 0 Å². The largest absolute Gasteiger partial charge is 0.234 e. The van der Waals surface area contributed by atoms with Crippen LogP contribution in [0.2, 0.25) is 0 Å². The molecule has 1 saturated carbocycles. The van der Waals surface area contributed by atoms with Gasteiger partial charge in [0.1, 0.15) is 0 Å². The van der Waals surface area contributed by atoms with Crippen LogP contribution in [0.1, 0.15) is 161 Å². The molecule has 0 aliphatic heterocycles. The van der Waals surface area contributed by atoms with Crippen molar-refractivity contribution in [2.24, 2.45) is 0 Å². The first-order valence-electron chi connectivity index (χ1n) is 15.7. The van der Waals surface area contributed by atoms with E-state index in [1.54, 1.807) is 0 Å². The van der Waals surface area contributed by atoms with Crippen molar-refractivity contribution in [1.29, 1.82) is 0 Å². The zero-order valence-electron chi connectivity index (χ0n) is 23.8. The van der Waals surface area contributed by atoms with Crippen LogP contribution >= 0.6 is 0 Å². The van der Waals surface area contributed by atoms with Gasteiger partial charge in [-0.25, -0.2) is 9.78 Å². The topological polar surface area (TPSA) is 36.9 Å². The Bertz CT molecular complexity index is 437. The predicted octanol–water partition coefficient (Wildman–Crippen LogP) is 10.7. The standard InChI is InChI=1S/C32H60O4/c1-3-5-7-9-11-18-22-26-30-33-35-32(28-24-20-16-14-13-15-17-21-25-29-32)36-34-31-27-23-19-12-10-8-6-4-2/h3-4H,1-2,5-31H2. The Kier molecular flexibility index (Phi) is 24.0. The number of rotatable bonds is 22. The number of unbranched alkanes of at least 4 members (excludes halogenated alkanes) is 12. The second kappa shape index (κ2) is 25.9. The fourth-order valence-corrected chi connectivity index (χ4v) is 4.94. The number of allylic oxidation sites excluding steroid dienone is 2. The molecule has 4 nitrogen and oxygen atoms in total. The first kappa shape index (κ1) is 33.3. The van der Waals surface area contributed by atoms with E-state index < -0.39 is 5.79 Å². The molecular formula is C32H60O4. The molecule has 0 N–H and O–H groups in total. The van der Waals surface area contributed by atoms with Gasteiger partial charge in [-0.2, -0.15) is 9.78 Å². The summed E-state index contributed by atoms with van der Waals surface area (Å²) in [7, 11) is 0. The lowest BCUT2D eigenvalue weighted by Crippen LogP contribution is -2.37. The first-order chi connectivity index (χ1) is 17.8. The normalized spacial score (nSPS) is 17.2. The van der Waals surface area contributed by atoms with Crippen LogP contribution in [-0.4, -0.2) is 19.0 Å². The molecule has 0 bridgehead atoms. The molecule has 4 heteroatoms. The SMILES string of the molecule is C=CCCCCCCCCOOC1(OOCCCCCCCCC=C)CCCCCCCCCCC1. The summed E-state index contributed by atoms with van der Waals surface area (Å²) in [4.78, 5) is 23.6. The van der Waals surface area contributed by atoms with Crippen LogP contribution in [0.15, 0.2) is 25.3 Å². The van der Waals surface area contributed by atoms with Crippen molar-refractivity contribution in [1.82, 2.24) is 0 Å². The summed E-state index contributed by atoms with van der Waals surface area (Å²) in [5.41, 5.74) is 0. The van der Waals surface area contributed by atoms with Gasteiger partial charge in [0.05, 0.1) is 13.2 Å². The van der Waals surface area contributed by atoms with Gasteiger partial charge < -0.3 is 0 Å². The van der Waals surface area contributed by atoms with E-state index in [4.69, 9.17) is 19.6 Å². The molecule has 0 spiro atoms. The number of hydrogen-bond donors (Lipinski definition) is 0. The van der Waals surface area contributed by atoms with Crippen molar-refractivity contribution in [2.75, 3.05) is 13.2 Å². The van der Waals surface area contributed by atoms with E-state index in [2.05, 4.69) is 13.2 Å². The molecule has 1 aliphatic carbocycles. The zero-order chi connectivity index (χ0) is 25.8. The maximum Gasteiger partial charge on any atom is 0.233 e. The summed E-state index contributed by atoms with van der Waals surface area (Å²) in [6.07, 6.45) is 34.0. The van der Waals surface area contributed by atoms with Crippen molar-refractivity contribution in [3.8, 4) is 0 Å². The molecule has 1 aliphatic rings. The monoisotopic (exact) mass is 508 g/mol. The molecule has 0 heterocycles. The molecule has 0 radical (unpaired) electrons. The molecule has 1 fully saturated rings. The molecule has 0 aromatic heterocycles. The molecule has 0 unspecified atom stereocenters. The molecule has 1 rings (SSSR count). The minimum Gasteiger partial charge on any atom is -0.234 e. The summed E-state index contributed by atoms with van der Waals surface area (Å²) >= 11 is 0. The van der Waals surface area contributed by atoms with Crippen molar-refractivity contribution in [3.63, 3.8) is 0 Å². The maximum absolute atomic E-state index is 6.05. The van der Waals surface area contributed by atoms with Gasteiger partial charge >= 0.3 is 0 Å². The van der Waals surface area contributed by atoms with E-state index >= 15 is 0 Å². The molecule has 0 aromatic rings. The molecule has 0 atom stereocenters. The van der Waals surface area contributed by atoms with Crippen molar-refractivity contribution < 1.29 is 19.6 Å². The predicted molar refractivity (Wildman–Crippen MR) is 153 cm³/mol. The molecular weight excluding hydrogens is 448 g/mol. The minimum atomic E-state index is -0.755. The van der Waals surface area contributed by atoms with Gasteiger partial charge in [-0.15, -0.1) is 13.2 Å². The van der Waals surface area contributed by atoms with Crippen molar-refractivity contribution in [3.05, 3.63) is 25.3 Å². The lowest BCUT2D eigenvalue weighted by Gasteiger charge is -2.31. The quantitative estimate of drug-likeness (QED) is 0.0479. The average molecular weight is 509 g/mol. The summed E-state index contributed by atoms with van der Waals surface area (Å²) in [6, 6.07) is 0. The Balaban J connectivity index is 2.36. The lowest BCUT2D eigenvalue weighted by molar-refractivity contribution is -0.515. The Labute approximate surface area is 224 Å². The smallest absolute Gasteiger partial charge is 0.233 e. The van der Waals surface area contributed by atoms with E-state index in [1.807, 2.05) is 12.2 Å². The fraction of sp³-hybridized carbons (Fsp3) is 0.875. The fourth-order valence-electron chi connectivity index (χ4n) is 4.94. The van der Waals surface area contributed by atoms with Crippen LogP contribution in [0.4, 0.5) is 0 Å². The highest BCUT2D eigenvalue weighted by Gasteiger charge is 2.35. The maximum atomic E-state index is 6.05. The van der Waals surface area contributed by atoms with Crippen LogP contribution in [0.5, 0.6) is 0 Å². The zero-order valence-corrected chi connectivity index (χ0v) is 23.8. The van der Waals surface area contributed by atoms with Gasteiger partial charge in [-0.05, 0) is 51.4 Å². The second-order valence-corrected chi connectivity index (χ2v) is 10.8. The summed E-state index contributed by atoms with van der Waals surface area (Å²) < 4.78 is 0. The molecule has 0 saturated heterocycles. The Morgan fingerprint density at radius 1 is 0.444 bits per heavy atom. The van der Waals surface area contributed by atoms with Gasteiger partial charge in [0, 0.05) is 12.8 Å². The van der Waals surface area contributed by atoms with Crippen LogP contribution in [0, 0.1) is 0 Å². The summed E-state index contributed by atoms with van der Waals surface area (Å²) in [5, 5.41) is 0. The third-order valence-electron chi connectivity index (χ3n) is 7.31. The van der Waals surface area contributed by atoms with E-state index in [0.717, 1.165) is 51.4 Å². The Morgan fingerprint density at radius 2 is 0.778 bits per heavy atom. The Morgan fingerprint density at radius 3 is 1.17 bits per heavy atom. The van der Waals surface area contributed by atoms with E-state index in [1.165, 1.54) is 109 Å². The molecule has 212 valence electrons. The summed E-state index contributed by atoms with van der Waals surface area (Å²) in [5.74, 6) is -0.755. The molecule has 0 amide bonds. The van der Waals surface area contributed by atoms with E-state index in [-0.39, 0.29) is 0 Å². The van der Waals surface area contributed by atoms with E-state index in [9.17, 15) is 0 Å². The van der Waals surface area contributed by atoms with Gasteiger partial charge in [0.2, 0.25) is 5.79 Å². The van der Waals surface area contributed by atoms with E-state index in [0.29, 0.717) is 13.2 Å². The highest BCUT2D eigenvalue weighted by molar-refractivity contribution is 4.69. The Hall–Kier alpha value is -0.680. The van der Waals surface area contributed by atoms with Gasteiger partial charge in [0.15, 0.2) is 0 Å². The highest BCUT2D eigenvalue weighted by atomic mass is 17.3. The first-order valence-corrected chi connectivity index (χ1v) is 15.7. The molecule has 36 heavy (non-hydrogen) atoms. The summed E-state index contributed by atoms with van der Waals surface area (Å²) in [6.45, 7) is 8.85. The molecule has 0 aromatic carbocycles. The van der Waals surface area contributed by atoms with Gasteiger partial charge in [0.25, 0.3) is 0 Å². The van der Waals surface area contributed by atoms with Crippen molar-refractivity contribution >= 4 is 0 Å². The average Bonchev–Trinajstić information content (AvgIpc) is 2.88. The van der Waals surface area contributed by atoms with Crippen molar-refractivity contribution in [2.45, 2.75) is 166 Å². The minimum absolute atomic E-state index is 0.629. The van der Waals surface area contributed by atoms with Crippen LogP contribution in [-0.2, 0) is 19.6 Å². The van der Waals surface area contributed by atoms with Crippen LogP contribution in [0.25, 0.3) is 0 Å². The number of hydrogen-bond acceptors (Lipinski definition) is 4. The third kappa shape index (κ3) is 20.4. The highest BCUT2D eigenvalue weighted by Crippen LogP contribution is 2.30. The van der Waals surface area contributed by atoms with Gasteiger partial charge in [-0.3, -0.25) is 0 Å². The van der Waals surface area contributed by atoms with Crippen LogP contribution in [0.3, 0.4) is 0 Å². The lowest BCUT2D eigenvalue weighted by atomic mass is 9.97. The third-order valence-corrected chi connectivity index (χ3v) is 7.31.